The maximum atomic E-state index is 13.7. The van der Waals surface area contributed by atoms with Gasteiger partial charge in [0.25, 0.3) is 0 Å². The van der Waals surface area contributed by atoms with Crippen molar-refractivity contribution in [3.63, 3.8) is 0 Å². The molecule has 3 N–H and O–H groups in total. The Balaban J connectivity index is 1.97. The van der Waals surface area contributed by atoms with Crippen molar-refractivity contribution >= 4 is 34.8 Å². The van der Waals surface area contributed by atoms with Crippen LogP contribution in [0.1, 0.15) is 94.0 Å². The standard InChI is InChI=1S/C29H37NO8S/c1-3-5-7-18-13-23(37-16-26(33)34)29(38-17-27(35)36)20(8-6-4-2)28(18)22(32)10-9-21(31)25-14-19-15-30-12-11-24(19)39-25/h13-14,30H,3-12,15-17H2,1-2H3,(H,33,34)(H,35,36). The Morgan fingerprint density at radius 3 is 2.26 bits per heavy atom. The van der Waals surface area contributed by atoms with E-state index in [1.807, 2.05) is 19.9 Å². The number of rotatable bonds is 17. The number of aryl methyl sites for hydroxylation is 1. The summed E-state index contributed by atoms with van der Waals surface area (Å²) in [5, 5.41) is 21.7. The molecule has 212 valence electrons. The third-order valence-corrected chi connectivity index (χ3v) is 7.85. The average Bonchev–Trinajstić information content (AvgIpc) is 3.35. The zero-order valence-electron chi connectivity index (χ0n) is 22.6. The molecule has 0 radical (unpaired) electrons. The van der Waals surface area contributed by atoms with E-state index in [1.54, 1.807) is 6.07 Å². The first-order valence-electron chi connectivity index (χ1n) is 13.5. The lowest BCUT2D eigenvalue weighted by atomic mass is 9.88. The number of thiophene rings is 1. The second-order valence-electron chi connectivity index (χ2n) is 9.62. The molecule has 1 aliphatic heterocycles. The minimum atomic E-state index is -1.21. The number of carbonyl (C=O) groups is 4. The molecule has 0 atom stereocenters. The van der Waals surface area contributed by atoms with Gasteiger partial charge in [-0.2, -0.15) is 0 Å². The minimum Gasteiger partial charge on any atom is -0.479 e. The van der Waals surface area contributed by atoms with Crippen LogP contribution < -0.4 is 14.8 Å². The first kappa shape index (κ1) is 30.3. The summed E-state index contributed by atoms with van der Waals surface area (Å²) in [4.78, 5) is 51.2. The van der Waals surface area contributed by atoms with Crippen molar-refractivity contribution in [1.29, 1.82) is 0 Å². The van der Waals surface area contributed by atoms with Crippen molar-refractivity contribution in [3.05, 3.63) is 44.1 Å². The van der Waals surface area contributed by atoms with Gasteiger partial charge >= 0.3 is 11.9 Å². The molecule has 9 nitrogen and oxygen atoms in total. The van der Waals surface area contributed by atoms with E-state index in [0.29, 0.717) is 40.8 Å². The molecule has 2 aromatic rings. The maximum absolute atomic E-state index is 13.7. The highest BCUT2D eigenvalue weighted by Crippen LogP contribution is 2.39. The summed E-state index contributed by atoms with van der Waals surface area (Å²) in [5.41, 5.74) is 2.78. The van der Waals surface area contributed by atoms with Gasteiger partial charge in [0.1, 0.15) is 0 Å². The van der Waals surface area contributed by atoms with Crippen LogP contribution in [-0.2, 0) is 35.4 Å². The molecule has 0 saturated carbocycles. The van der Waals surface area contributed by atoms with Crippen LogP contribution in [0.2, 0.25) is 0 Å². The Kier molecular flexibility index (Phi) is 11.5. The fourth-order valence-electron chi connectivity index (χ4n) is 4.66. The fourth-order valence-corrected chi connectivity index (χ4v) is 5.81. The first-order valence-corrected chi connectivity index (χ1v) is 14.3. The normalized spacial score (nSPS) is 12.6. The number of hydrogen-bond donors (Lipinski definition) is 3. The molecule has 0 amide bonds. The Morgan fingerprint density at radius 2 is 1.59 bits per heavy atom. The Labute approximate surface area is 232 Å². The van der Waals surface area contributed by atoms with E-state index in [2.05, 4.69) is 5.32 Å². The smallest absolute Gasteiger partial charge is 0.341 e. The molecular weight excluding hydrogens is 522 g/mol. The highest BCUT2D eigenvalue weighted by atomic mass is 32.1. The molecule has 0 spiro atoms. The Morgan fingerprint density at radius 1 is 0.923 bits per heavy atom. The second-order valence-corrected chi connectivity index (χ2v) is 10.8. The number of Topliss-reactive ketones (excluding diaryl/α,β-unsaturated/α-hetero) is 2. The van der Waals surface area contributed by atoms with Crippen LogP contribution in [0.5, 0.6) is 11.5 Å². The predicted molar refractivity (Wildman–Crippen MR) is 148 cm³/mol. The Bertz CT molecular complexity index is 1180. The van der Waals surface area contributed by atoms with E-state index in [4.69, 9.17) is 14.6 Å². The molecule has 0 fully saturated rings. The second kappa shape index (κ2) is 14.8. The number of aliphatic carboxylic acids is 2. The van der Waals surface area contributed by atoms with Crippen molar-refractivity contribution in [2.45, 2.75) is 78.2 Å². The summed E-state index contributed by atoms with van der Waals surface area (Å²) in [6.07, 6.45) is 5.11. The largest absolute Gasteiger partial charge is 0.479 e. The number of ether oxygens (including phenoxy) is 2. The van der Waals surface area contributed by atoms with E-state index >= 15 is 0 Å². The summed E-state index contributed by atoms with van der Waals surface area (Å²) in [7, 11) is 0. The number of ketones is 2. The van der Waals surface area contributed by atoms with Crippen molar-refractivity contribution in [3.8, 4) is 11.5 Å². The molecular formula is C29H37NO8S. The predicted octanol–water partition coefficient (Wildman–Crippen LogP) is 4.85. The SMILES string of the molecule is CCCCc1cc(OCC(=O)O)c(OCC(=O)O)c(CCCC)c1C(=O)CCC(=O)c1cc2c(s1)CCNC2. The first-order chi connectivity index (χ1) is 18.7. The number of fused-ring (bicyclic) bond motifs is 1. The van der Waals surface area contributed by atoms with Crippen molar-refractivity contribution in [2.75, 3.05) is 19.8 Å². The van der Waals surface area contributed by atoms with Crippen LogP contribution in [0.15, 0.2) is 12.1 Å². The number of carbonyl (C=O) groups excluding carboxylic acids is 2. The number of carboxylic acid groups (broad SMARTS) is 2. The zero-order valence-corrected chi connectivity index (χ0v) is 23.4. The van der Waals surface area contributed by atoms with E-state index in [9.17, 15) is 24.3 Å². The fraction of sp³-hybridized carbons (Fsp3) is 0.517. The van der Waals surface area contributed by atoms with Crippen LogP contribution in [0.3, 0.4) is 0 Å². The highest BCUT2D eigenvalue weighted by molar-refractivity contribution is 7.14. The third-order valence-electron chi connectivity index (χ3n) is 6.57. The van der Waals surface area contributed by atoms with Gasteiger partial charge in [0.15, 0.2) is 36.3 Å². The van der Waals surface area contributed by atoms with Gasteiger partial charge in [-0.3, -0.25) is 9.59 Å². The number of nitrogens with one attached hydrogen (secondary N) is 1. The van der Waals surface area contributed by atoms with Gasteiger partial charge in [-0.25, -0.2) is 9.59 Å². The summed E-state index contributed by atoms with van der Waals surface area (Å²) in [5.74, 6) is -2.48. The lowest BCUT2D eigenvalue weighted by Crippen LogP contribution is -2.21. The summed E-state index contributed by atoms with van der Waals surface area (Å²) in [6.45, 7) is 4.36. The molecule has 10 heteroatoms. The number of carboxylic acids is 2. The van der Waals surface area contributed by atoms with Gasteiger partial charge in [-0.1, -0.05) is 26.7 Å². The van der Waals surface area contributed by atoms with Crippen LogP contribution >= 0.6 is 11.3 Å². The van der Waals surface area contributed by atoms with E-state index in [0.717, 1.165) is 44.3 Å². The Hall–Kier alpha value is -3.24. The monoisotopic (exact) mass is 559 g/mol. The molecule has 0 aliphatic carbocycles. The molecule has 3 rings (SSSR count). The summed E-state index contributed by atoms with van der Waals surface area (Å²) >= 11 is 1.50. The van der Waals surface area contributed by atoms with Gasteiger partial charge in [-0.05, 0) is 55.4 Å². The topological polar surface area (TPSA) is 139 Å². The molecule has 1 aromatic heterocycles. The third kappa shape index (κ3) is 8.37. The van der Waals surface area contributed by atoms with E-state index < -0.39 is 25.2 Å². The summed E-state index contributed by atoms with van der Waals surface area (Å²) < 4.78 is 11.1. The number of hydrogen-bond acceptors (Lipinski definition) is 8. The van der Waals surface area contributed by atoms with Crippen LogP contribution in [0.25, 0.3) is 0 Å². The lowest BCUT2D eigenvalue weighted by Gasteiger charge is -2.21. The average molecular weight is 560 g/mol. The van der Waals surface area contributed by atoms with Crippen LogP contribution in [0, 0.1) is 0 Å². The highest BCUT2D eigenvalue weighted by Gasteiger charge is 2.26. The molecule has 39 heavy (non-hydrogen) atoms. The van der Waals surface area contributed by atoms with Crippen molar-refractivity contribution in [2.24, 2.45) is 0 Å². The molecule has 0 bridgehead atoms. The quantitative estimate of drug-likeness (QED) is 0.232. The van der Waals surface area contributed by atoms with Gasteiger partial charge in [-0.15, -0.1) is 11.3 Å². The van der Waals surface area contributed by atoms with Crippen molar-refractivity contribution < 1.29 is 38.9 Å². The van der Waals surface area contributed by atoms with E-state index in [1.165, 1.54) is 16.2 Å². The van der Waals surface area contributed by atoms with Crippen LogP contribution in [-0.4, -0.2) is 53.5 Å². The molecule has 1 aliphatic rings. The van der Waals surface area contributed by atoms with E-state index in [-0.39, 0.29) is 35.9 Å². The van der Waals surface area contributed by atoms with Crippen LogP contribution in [0.4, 0.5) is 0 Å². The lowest BCUT2D eigenvalue weighted by molar-refractivity contribution is -0.140. The van der Waals surface area contributed by atoms with Gasteiger partial charge in [0, 0.05) is 41.9 Å². The molecule has 0 saturated heterocycles. The molecule has 1 aromatic carbocycles. The minimum absolute atomic E-state index is 0.00556. The van der Waals surface area contributed by atoms with Gasteiger partial charge in [0.05, 0.1) is 4.88 Å². The maximum Gasteiger partial charge on any atom is 0.341 e. The molecule has 0 unspecified atom stereocenters. The molecule has 2 heterocycles. The van der Waals surface area contributed by atoms with Gasteiger partial charge < -0.3 is 25.0 Å². The van der Waals surface area contributed by atoms with Crippen molar-refractivity contribution in [1.82, 2.24) is 5.32 Å². The number of unbranched alkanes of at least 4 members (excludes halogenated alkanes) is 2. The van der Waals surface area contributed by atoms with Gasteiger partial charge in [0.2, 0.25) is 0 Å². The number of benzene rings is 1. The zero-order chi connectivity index (χ0) is 28.4. The summed E-state index contributed by atoms with van der Waals surface area (Å²) in [6, 6.07) is 3.52.